The molecular formula is C19H22N2O4. The number of carbonyl (C=O) groups excluding carboxylic acids is 2. The zero-order valence-electron chi connectivity index (χ0n) is 14.4. The first-order chi connectivity index (χ1) is 12.0. The van der Waals surface area contributed by atoms with Gasteiger partial charge >= 0.3 is 0 Å². The van der Waals surface area contributed by atoms with Crippen LogP contribution in [0.5, 0.6) is 11.5 Å². The van der Waals surface area contributed by atoms with Crippen LogP contribution in [0.4, 0.5) is 5.69 Å². The fourth-order valence-electron chi connectivity index (χ4n) is 2.11. The summed E-state index contributed by atoms with van der Waals surface area (Å²) < 4.78 is 11.1. The van der Waals surface area contributed by atoms with Gasteiger partial charge in [-0.2, -0.15) is 0 Å². The molecule has 6 heteroatoms. The average molecular weight is 342 g/mol. The minimum absolute atomic E-state index is 0.156. The van der Waals surface area contributed by atoms with Crippen molar-refractivity contribution in [3.05, 3.63) is 53.6 Å². The third-order valence-electron chi connectivity index (χ3n) is 3.38. The first kappa shape index (κ1) is 18.3. The minimum Gasteiger partial charge on any atom is -0.491 e. The van der Waals surface area contributed by atoms with Crippen LogP contribution in [0.25, 0.3) is 0 Å². The topological polar surface area (TPSA) is 90.7 Å². The Bertz CT molecular complexity index is 742. The second-order valence-corrected chi connectivity index (χ2v) is 5.57. The number of rotatable bonds is 8. The van der Waals surface area contributed by atoms with Crippen molar-refractivity contribution >= 4 is 17.5 Å². The number of aryl methyl sites for hydroxylation is 1. The van der Waals surface area contributed by atoms with E-state index in [1.54, 1.807) is 30.3 Å². The Labute approximate surface area is 146 Å². The fourth-order valence-corrected chi connectivity index (χ4v) is 2.11. The van der Waals surface area contributed by atoms with E-state index in [0.29, 0.717) is 29.4 Å². The molecule has 25 heavy (non-hydrogen) atoms. The molecule has 0 unspecified atom stereocenters. The standard InChI is InChI=1S/C19H22N2O4/c1-3-10-24-17-11-13(2)4-9-16(17)21-18(22)12-25-15-7-5-14(6-8-15)19(20)23/h4-9,11H,3,10,12H2,1-2H3,(H2,20,23)(H,21,22). The number of nitrogens with one attached hydrogen (secondary N) is 1. The Hall–Kier alpha value is -3.02. The SMILES string of the molecule is CCCOc1cc(C)ccc1NC(=O)COc1ccc(C(N)=O)cc1. The molecule has 3 N–H and O–H groups in total. The van der Waals surface area contributed by atoms with Crippen molar-refractivity contribution in [2.75, 3.05) is 18.5 Å². The van der Waals surface area contributed by atoms with Gasteiger partial charge in [0.2, 0.25) is 5.91 Å². The smallest absolute Gasteiger partial charge is 0.262 e. The van der Waals surface area contributed by atoms with Gasteiger partial charge in [0.05, 0.1) is 12.3 Å². The summed E-state index contributed by atoms with van der Waals surface area (Å²) in [6.45, 7) is 4.40. The Kier molecular flexibility index (Phi) is 6.39. The van der Waals surface area contributed by atoms with E-state index in [4.69, 9.17) is 15.2 Å². The summed E-state index contributed by atoms with van der Waals surface area (Å²) in [5, 5.41) is 2.78. The molecule has 0 bridgehead atoms. The van der Waals surface area contributed by atoms with Gasteiger partial charge in [-0.15, -0.1) is 0 Å². The third kappa shape index (κ3) is 5.53. The van der Waals surface area contributed by atoms with Gasteiger partial charge in [-0.05, 0) is 55.3 Å². The van der Waals surface area contributed by atoms with Crippen molar-refractivity contribution in [1.29, 1.82) is 0 Å². The molecule has 132 valence electrons. The van der Waals surface area contributed by atoms with Crippen LogP contribution in [0.15, 0.2) is 42.5 Å². The van der Waals surface area contributed by atoms with E-state index in [0.717, 1.165) is 12.0 Å². The lowest BCUT2D eigenvalue weighted by atomic mass is 10.2. The number of benzene rings is 2. The molecule has 0 atom stereocenters. The van der Waals surface area contributed by atoms with E-state index >= 15 is 0 Å². The van der Waals surface area contributed by atoms with Crippen molar-refractivity contribution in [2.24, 2.45) is 5.73 Å². The second-order valence-electron chi connectivity index (χ2n) is 5.57. The first-order valence-corrected chi connectivity index (χ1v) is 8.05. The molecule has 0 saturated heterocycles. The number of carbonyl (C=O) groups is 2. The number of primary amides is 1. The summed E-state index contributed by atoms with van der Waals surface area (Å²) in [5.41, 5.74) is 7.22. The third-order valence-corrected chi connectivity index (χ3v) is 3.38. The number of anilines is 1. The van der Waals surface area contributed by atoms with Crippen LogP contribution in [-0.4, -0.2) is 25.0 Å². The molecule has 2 amide bonds. The number of nitrogens with two attached hydrogens (primary N) is 1. The molecule has 0 aromatic heterocycles. The number of hydrogen-bond donors (Lipinski definition) is 2. The molecule has 2 aromatic carbocycles. The van der Waals surface area contributed by atoms with E-state index < -0.39 is 5.91 Å². The average Bonchev–Trinajstić information content (AvgIpc) is 2.60. The monoisotopic (exact) mass is 342 g/mol. The molecule has 0 radical (unpaired) electrons. The van der Waals surface area contributed by atoms with Crippen molar-refractivity contribution in [3.8, 4) is 11.5 Å². The van der Waals surface area contributed by atoms with Gasteiger partial charge in [0, 0.05) is 5.56 Å². The van der Waals surface area contributed by atoms with E-state index in [1.807, 2.05) is 26.0 Å². The summed E-state index contributed by atoms with van der Waals surface area (Å²) in [7, 11) is 0. The van der Waals surface area contributed by atoms with E-state index in [9.17, 15) is 9.59 Å². The van der Waals surface area contributed by atoms with Crippen LogP contribution in [-0.2, 0) is 4.79 Å². The Morgan fingerprint density at radius 1 is 1.08 bits per heavy atom. The zero-order chi connectivity index (χ0) is 18.2. The Morgan fingerprint density at radius 2 is 1.80 bits per heavy atom. The van der Waals surface area contributed by atoms with Crippen molar-refractivity contribution in [3.63, 3.8) is 0 Å². The van der Waals surface area contributed by atoms with Crippen LogP contribution < -0.4 is 20.5 Å². The molecule has 0 aliphatic heterocycles. The summed E-state index contributed by atoms with van der Waals surface area (Å²) in [6.07, 6.45) is 0.881. The van der Waals surface area contributed by atoms with Gasteiger partial charge in [0.25, 0.3) is 5.91 Å². The van der Waals surface area contributed by atoms with Gasteiger partial charge in [-0.3, -0.25) is 9.59 Å². The zero-order valence-corrected chi connectivity index (χ0v) is 14.4. The fraction of sp³-hybridized carbons (Fsp3) is 0.263. The summed E-state index contributed by atoms with van der Waals surface area (Å²) in [5.74, 6) is 0.306. The molecule has 0 fully saturated rings. The van der Waals surface area contributed by atoms with Crippen molar-refractivity contribution < 1.29 is 19.1 Å². The molecule has 0 spiro atoms. The van der Waals surface area contributed by atoms with Gasteiger partial charge < -0.3 is 20.5 Å². The van der Waals surface area contributed by atoms with Crippen LogP contribution in [0.3, 0.4) is 0 Å². The maximum Gasteiger partial charge on any atom is 0.262 e. The maximum absolute atomic E-state index is 12.1. The molecule has 6 nitrogen and oxygen atoms in total. The summed E-state index contributed by atoms with van der Waals surface area (Å²) in [6, 6.07) is 11.9. The van der Waals surface area contributed by atoms with Gasteiger partial charge in [-0.1, -0.05) is 13.0 Å². The highest BCUT2D eigenvalue weighted by atomic mass is 16.5. The highest BCUT2D eigenvalue weighted by molar-refractivity contribution is 5.94. The summed E-state index contributed by atoms with van der Waals surface area (Å²) in [4.78, 5) is 23.1. The van der Waals surface area contributed by atoms with Gasteiger partial charge in [0.15, 0.2) is 6.61 Å². The highest BCUT2D eigenvalue weighted by Crippen LogP contribution is 2.26. The predicted molar refractivity (Wildman–Crippen MR) is 96.0 cm³/mol. The minimum atomic E-state index is -0.511. The molecular weight excluding hydrogens is 320 g/mol. The van der Waals surface area contributed by atoms with E-state index in [2.05, 4.69) is 5.32 Å². The molecule has 0 aliphatic rings. The van der Waals surface area contributed by atoms with E-state index in [-0.39, 0.29) is 12.5 Å². The Balaban J connectivity index is 1.94. The molecule has 0 aliphatic carbocycles. The van der Waals surface area contributed by atoms with Crippen LogP contribution in [0.2, 0.25) is 0 Å². The number of ether oxygens (including phenoxy) is 2. The molecule has 2 aromatic rings. The normalized spacial score (nSPS) is 10.2. The lowest BCUT2D eigenvalue weighted by Gasteiger charge is -2.13. The molecule has 0 saturated carbocycles. The largest absolute Gasteiger partial charge is 0.491 e. The quantitative estimate of drug-likeness (QED) is 0.772. The van der Waals surface area contributed by atoms with E-state index in [1.165, 1.54) is 0 Å². The van der Waals surface area contributed by atoms with Crippen LogP contribution >= 0.6 is 0 Å². The van der Waals surface area contributed by atoms with Gasteiger partial charge in [0.1, 0.15) is 11.5 Å². The highest BCUT2D eigenvalue weighted by Gasteiger charge is 2.09. The number of hydrogen-bond acceptors (Lipinski definition) is 4. The van der Waals surface area contributed by atoms with Crippen molar-refractivity contribution in [2.45, 2.75) is 20.3 Å². The van der Waals surface area contributed by atoms with Crippen molar-refractivity contribution in [1.82, 2.24) is 0 Å². The molecule has 2 rings (SSSR count). The second kappa shape index (κ2) is 8.73. The summed E-state index contributed by atoms with van der Waals surface area (Å²) >= 11 is 0. The van der Waals surface area contributed by atoms with Gasteiger partial charge in [-0.25, -0.2) is 0 Å². The lowest BCUT2D eigenvalue weighted by Crippen LogP contribution is -2.20. The van der Waals surface area contributed by atoms with Crippen LogP contribution in [0.1, 0.15) is 29.3 Å². The molecule has 0 heterocycles. The lowest BCUT2D eigenvalue weighted by molar-refractivity contribution is -0.118. The predicted octanol–water partition coefficient (Wildman–Crippen LogP) is 2.90. The number of amides is 2. The maximum atomic E-state index is 12.1. The first-order valence-electron chi connectivity index (χ1n) is 8.05. The Morgan fingerprint density at radius 3 is 2.44 bits per heavy atom. The van der Waals surface area contributed by atoms with Crippen LogP contribution in [0, 0.1) is 6.92 Å².